The number of methoxy groups -OCH3 is 1. The highest BCUT2D eigenvalue weighted by Gasteiger charge is 2.30. The van der Waals surface area contributed by atoms with Crippen molar-refractivity contribution < 1.29 is 14.3 Å². The van der Waals surface area contributed by atoms with E-state index in [0.29, 0.717) is 18.1 Å². The lowest BCUT2D eigenvalue weighted by Gasteiger charge is -2.26. The van der Waals surface area contributed by atoms with Gasteiger partial charge in [-0.15, -0.1) is 5.10 Å². The Balaban J connectivity index is 1.63. The minimum atomic E-state index is -0.274. The van der Waals surface area contributed by atoms with Crippen molar-refractivity contribution in [2.45, 2.75) is 45.2 Å². The van der Waals surface area contributed by atoms with Crippen molar-refractivity contribution in [3.63, 3.8) is 0 Å². The van der Waals surface area contributed by atoms with Gasteiger partial charge in [-0.1, -0.05) is 13.3 Å². The van der Waals surface area contributed by atoms with Crippen LogP contribution in [0.4, 0.5) is 10.6 Å². The second-order valence-corrected chi connectivity index (χ2v) is 6.25. The summed E-state index contributed by atoms with van der Waals surface area (Å²) in [6.07, 6.45) is 3.80. The number of amides is 3. The largest absolute Gasteiger partial charge is 0.481 e. The number of carbonyl (C=O) groups excluding carboxylic acids is 2. The van der Waals surface area contributed by atoms with E-state index in [1.54, 1.807) is 11.8 Å². The van der Waals surface area contributed by atoms with E-state index in [1.165, 1.54) is 6.42 Å². The summed E-state index contributed by atoms with van der Waals surface area (Å²) in [5, 5.41) is 11.8. The molecule has 132 valence electrons. The maximum absolute atomic E-state index is 12.0. The lowest BCUT2D eigenvalue weighted by atomic mass is 9.96. The predicted molar refractivity (Wildman–Crippen MR) is 87.5 cm³/mol. The minimum absolute atomic E-state index is 0.0274. The molecule has 9 heteroatoms. The van der Waals surface area contributed by atoms with Gasteiger partial charge in [0.05, 0.1) is 12.7 Å². The molecule has 1 saturated heterocycles. The number of fused-ring (bicyclic) bond motifs is 1. The first-order valence-electron chi connectivity index (χ1n) is 8.32. The molecule has 3 heterocycles. The van der Waals surface area contributed by atoms with E-state index in [4.69, 9.17) is 4.74 Å². The summed E-state index contributed by atoms with van der Waals surface area (Å²) < 4.78 is 7.00. The van der Waals surface area contributed by atoms with E-state index in [9.17, 15) is 9.59 Å². The molecule has 1 atom stereocenters. The summed E-state index contributed by atoms with van der Waals surface area (Å²) >= 11 is 0. The molecule has 1 unspecified atom stereocenters. The lowest BCUT2D eigenvalue weighted by Crippen LogP contribution is -2.49. The average Bonchev–Trinajstić information content (AvgIpc) is 2.91. The molecule has 0 radical (unpaired) electrons. The van der Waals surface area contributed by atoms with Crippen LogP contribution in [-0.4, -0.2) is 46.9 Å². The van der Waals surface area contributed by atoms with Gasteiger partial charge in [-0.25, -0.2) is 14.5 Å². The topological polar surface area (TPSA) is 101 Å². The maximum atomic E-state index is 12.0. The minimum Gasteiger partial charge on any atom is -0.481 e. The number of hydrogen-bond acceptors (Lipinski definition) is 5. The first-order valence-corrected chi connectivity index (χ1v) is 8.32. The number of piperidine rings is 1. The Morgan fingerprint density at radius 2 is 2.12 bits per heavy atom. The summed E-state index contributed by atoms with van der Waals surface area (Å²) in [7, 11) is 1.56. The SMILES string of the molecule is COc1c2c(nn1CNC(=O)NN1CCCCC1)NC(=O)CC2C. The van der Waals surface area contributed by atoms with Crippen LogP contribution in [0.15, 0.2) is 0 Å². The van der Waals surface area contributed by atoms with E-state index >= 15 is 0 Å². The summed E-state index contributed by atoms with van der Waals surface area (Å²) in [5.41, 5.74) is 3.71. The highest BCUT2D eigenvalue weighted by atomic mass is 16.5. The molecule has 24 heavy (non-hydrogen) atoms. The number of carbonyl (C=O) groups is 2. The second-order valence-electron chi connectivity index (χ2n) is 6.25. The molecule has 0 bridgehead atoms. The van der Waals surface area contributed by atoms with Crippen molar-refractivity contribution >= 4 is 17.8 Å². The first-order chi connectivity index (χ1) is 11.6. The van der Waals surface area contributed by atoms with Crippen molar-refractivity contribution in [1.82, 2.24) is 25.5 Å². The van der Waals surface area contributed by atoms with Gasteiger partial charge in [-0.3, -0.25) is 10.2 Å². The van der Waals surface area contributed by atoms with Crippen LogP contribution in [0.5, 0.6) is 5.88 Å². The first kappa shape index (κ1) is 16.6. The Bertz CT molecular complexity index is 623. The fourth-order valence-corrected chi connectivity index (χ4v) is 3.22. The molecule has 2 aliphatic heterocycles. The van der Waals surface area contributed by atoms with Gasteiger partial charge < -0.3 is 15.4 Å². The van der Waals surface area contributed by atoms with E-state index < -0.39 is 0 Å². The quantitative estimate of drug-likeness (QED) is 0.761. The maximum Gasteiger partial charge on any atom is 0.330 e. The number of hydrazine groups is 1. The monoisotopic (exact) mass is 336 g/mol. The zero-order chi connectivity index (χ0) is 17.1. The number of aromatic nitrogens is 2. The molecule has 3 N–H and O–H groups in total. The molecular weight excluding hydrogens is 312 g/mol. The smallest absolute Gasteiger partial charge is 0.330 e. The standard InChI is InChI=1S/C15H24N6O3/c1-10-8-11(22)17-13-12(10)14(24-2)21(18-13)9-16-15(23)19-20-6-4-3-5-7-20/h10H,3-9H2,1-2H3,(H2,16,19,23)(H,17,18,22). The molecule has 1 fully saturated rings. The summed E-state index contributed by atoms with van der Waals surface area (Å²) in [6, 6.07) is -0.274. The zero-order valence-corrected chi connectivity index (χ0v) is 14.1. The van der Waals surface area contributed by atoms with Crippen LogP contribution in [0.25, 0.3) is 0 Å². The molecule has 1 aromatic heterocycles. The van der Waals surface area contributed by atoms with Crippen molar-refractivity contribution in [3.8, 4) is 5.88 Å². The summed E-state index contributed by atoms with van der Waals surface area (Å²) in [6.45, 7) is 3.87. The Hall–Kier alpha value is -2.29. The van der Waals surface area contributed by atoms with Crippen LogP contribution < -0.4 is 20.8 Å². The van der Waals surface area contributed by atoms with Gasteiger partial charge in [0.2, 0.25) is 11.8 Å². The number of nitrogens with zero attached hydrogens (tertiary/aromatic N) is 3. The molecule has 2 aliphatic rings. The number of hydrogen-bond donors (Lipinski definition) is 3. The van der Waals surface area contributed by atoms with Gasteiger partial charge in [-0.05, 0) is 18.8 Å². The van der Waals surface area contributed by atoms with Gasteiger partial charge >= 0.3 is 6.03 Å². The third-order valence-corrected chi connectivity index (χ3v) is 4.38. The Kier molecular flexibility index (Phi) is 4.89. The number of anilines is 1. The average molecular weight is 336 g/mol. The highest BCUT2D eigenvalue weighted by Crippen LogP contribution is 2.38. The van der Waals surface area contributed by atoms with E-state index in [1.807, 2.05) is 11.9 Å². The van der Waals surface area contributed by atoms with Gasteiger partial charge in [0, 0.05) is 19.5 Å². The molecule has 9 nitrogen and oxygen atoms in total. The van der Waals surface area contributed by atoms with E-state index in [-0.39, 0.29) is 24.5 Å². The molecule has 1 aromatic rings. The highest BCUT2D eigenvalue weighted by molar-refractivity contribution is 5.94. The number of nitrogens with one attached hydrogen (secondary N) is 3. The third kappa shape index (κ3) is 3.45. The summed E-state index contributed by atoms with van der Waals surface area (Å²) in [4.78, 5) is 23.7. The normalized spacial score (nSPS) is 20.9. The Morgan fingerprint density at radius 1 is 1.38 bits per heavy atom. The fraction of sp³-hybridized carbons (Fsp3) is 0.667. The lowest BCUT2D eigenvalue weighted by molar-refractivity contribution is -0.116. The van der Waals surface area contributed by atoms with E-state index in [0.717, 1.165) is 31.5 Å². The molecule has 0 aromatic carbocycles. The molecule has 0 aliphatic carbocycles. The van der Waals surface area contributed by atoms with Gasteiger partial charge in [0.25, 0.3) is 0 Å². The van der Waals surface area contributed by atoms with Crippen molar-refractivity contribution in [1.29, 1.82) is 0 Å². The van der Waals surface area contributed by atoms with Crippen LogP contribution in [0.1, 0.15) is 44.1 Å². The van der Waals surface area contributed by atoms with Crippen LogP contribution in [0, 0.1) is 0 Å². The fourth-order valence-electron chi connectivity index (χ4n) is 3.22. The second kappa shape index (κ2) is 7.08. The van der Waals surface area contributed by atoms with Gasteiger partial charge in [-0.2, -0.15) is 0 Å². The molecular formula is C15H24N6O3. The molecule has 0 spiro atoms. The van der Waals surface area contributed by atoms with Crippen molar-refractivity contribution in [2.75, 3.05) is 25.5 Å². The van der Waals surface area contributed by atoms with Crippen LogP contribution >= 0.6 is 0 Å². The third-order valence-electron chi connectivity index (χ3n) is 4.38. The molecule has 3 amide bonds. The number of ether oxygens (including phenoxy) is 1. The van der Waals surface area contributed by atoms with Crippen molar-refractivity contribution in [3.05, 3.63) is 5.56 Å². The van der Waals surface area contributed by atoms with Crippen LogP contribution in [-0.2, 0) is 11.5 Å². The Morgan fingerprint density at radius 3 is 2.83 bits per heavy atom. The van der Waals surface area contributed by atoms with Gasteiger partial charge in [0.1, 0.15) is 6.67 Å². The number of rotatable bonds is 4. The summed E-state index contributed by atoms with van der Waals surface area (Å²) in [5.74, 6) is 1.04. The van der Waals surface area contributed by atoms with Crippen LogP contribution in [0.2, 0.25) is 0 Å². The zero-order valence-electron chi connectivity index (χ0n) is 14.1. The molecule has 3 rings (SSSR count). The molecule has 0 saturated carbocycles. The van der Waals surface area contributed by atoms with E-state index in [2.05, 4.69) is 21.2 Å². The Labute approximate surface area is 140 Å². The van der Waals surface area contributed by atoms with Crippen molar-refractivity contribution in [2.24, 2.45) is 0 Å². The number of urea groups is 1. The predicted octanol–water partition coefficient (Wildman–Crippen LogP) is 0.995. The van der Waals surface area contributed by atoms with Crippen LogP contribution in [0.3, 0.4) is 0 Å². The van der Waals surface area contributed by atoms with Gasteiger partial charge in [0.15, 0.2) is 5.82 Å².